The van der Waals surface area contributed by atoms with Crippen molar-refractivity contribution in [2.75, 3.05) is 0 Å². The van der Waals surface area contributed by atoms with Gasteiger partial charge in [0.2, 0.25) is 0 Å². The van der Waals surface area contributed by atoms with E-state index >= 15 is 0 Å². The van der Waals surface area contributed by atoms with Gasteiger partial charge in [-0.3, -0.25) is 0 Å². The van der Waals surface area contributed by atoms with Crippen LogP contribution in [-0.2, 0) is 0 Å². The van der Waals surface area contributed by atoms with E-state index in [4.69, 9.17) is 0 Å². The minimum absolute atomic E-state index is 0.536. The van der Waals surface area contributed by atoms with Gasteiger partial charge in [0.05, 0.1) is 0 Å². The van der Waals surface area contributed by atoms with Gasteiger partial charge >= 0.3 is 0 Å². The summed E-state index contributed by atoms with van der Waals surface area (Å²) in [6, 6.07) is 8.48. The average Bonchev–Trinajstić information content (AvgIpc) is 2.15. The fourth-order valence-electron chi connectivity index (χ4n) is 1.62. The van der Waals surface area contributed by atoms with E-state index < -0.39 is 0 Å². The quantitative estimate of drug-likeness (QED) is 0.620. The van der Waals surface area contributed by atoms with E-state index in [0.29, 0.717) is 5.92 Å². The van der Waals surface area contributed by atoms with Crippen molar-refractivity contribution >= 4 is 5.57 Å². The van der Waals surface area contributed by atoms with Crippen LogP contribution in [0.4, 0.5) is 0 Å². The monoisotopic (exact) mass is 186 g/mol. The number of hydrogen-bond donors (Lipinski definition) is 0. The highest BCUT2D eigenvalue weighted by Crippen LogP contribution is 2.25. The lowest BCUT2D eigenvalue weighted by atomic mass is 9.92. The lowest BCUT2D eigenvalue weighted by Gasteiger charge is -2.13. The van der Waals surface area contributed by atoms with Crippen LogP contribution in [0.1, 0.15) is 25.0 Å². The number of hydrogen-bond acceptors (Lipinski definition) is 0. The maximum Gasteiger partial charge on any atom is -0.0193 e. The van der Waals surface area contributed by atoms with E-state index in [1.807, 2.05) is 6.08 Å². The third-order valence-electron chi connectivity index (χ3n) is 2.38. The molecule has 0 saturated carbocycles. The van der Waals surface area contributed by atoms with Crippen LogP contribution in [-0.4, -0.2) is 0 Å². The molecule has 0 spiro atoms. The number of allylic oxidation sites excluding steroid dienone is 3. The van der Waals surface area contributed by atoms with Gasteiger partial charge < -0.3 is 0 Å². The van der Waals surface area contributed by atoms with Crippen molar-refractivity contribution in [1.29, 1.82) is 0 Å². The van der Waals surface area contributed by atoms with Crippen LogP contribution >= 0.6 is 0 Å². The zero-order valence-electron chi connectivity index (χ0n) is 9.25. The van der Waals surface area contributed by atoms with Gasteiger partial charge in [-0.15, -0.1) is 0 Å². The summed E-state index contributed by atoms with van der Waals surface area (Å²) < 4.78 is 0. The summed E-state index contributed by atoms with van der Waals surface area (Å²) in [7, 11) is 0. The van der Waals surface area contributed by atoms with Gasteiger partial charge in [0.1, 0.15) is 0 Å². The zero-order valence-corrected chi connectivity index (χ0v) is 9.25. The van der Waals surface area contributed by atoms with Crippen LogP contribution in [0, 0.1) is 12.8 Å². The molecule has 0 radical (unpaired) electrons. The first-order chi connectivity index (χ1) is 6.66. The van der Waals surface area contributed by atoms with Crippen molar-refractivity contribution < 1.29 is 0 Å². The molecule has 0 unspecified atom stereocenters. The summed E-state index contributed by atoms with van der Waals surface area (Å²) in [5.41, 5.74) is 4.02. The molecule has 0 atom stereocenters. The van der Waals surface area contributed by atoms with Gasteiger partial charge in [-0.2, -0.15) is 0 Å². The first-order valence-electron chi connectivity index (χ1n) is 5.05. The first-order valence-corrected chi connectivity index (χ1v) is 5.05. The summed E-state index contributed by atoms with van der Waals surface area (Å²) in [5, 5.41) is 0. The second-order valence-corrected chi connectivity index (χ2v) is 3.83. The number of benzene rings is 1. The largest absolute Gasteiger partial charge is 0.0991 e. The molecule has 0 aliphatic heterocycles. The standard InChI is InChI=1S/C14H18/c1-5-8-13(11(2)3)14-10-7-6-9-12(14)4/h5-11H,1H2,2-4H3/b13-8-. The Morgan fingerprint density at radius 3 is 2.43 bits per heavy atom. The fourth-order valence-corrected chi connectivity index (χ4v) is 1.62. The summed E-state index contributed by atoms with van der Waals surface area (Å²) >= 11 is 0. The molecule has 0 amide bonds. The lowest BCUT2D eigenvalue weighted by molar-refractivity contribution is 0.854. The van der Waals surface area contributed by atoms with E-state index in [1.165, 1.54) is 16.7 Å². The predicted octanol–water partition coefficient (Wildman–Crippen LogP) is 4.22. The van der Waals surface area contributed by atoms with Crippen LogP contribution in [0.25, 0.3) is 5.57 Å². The van der Waals surface area contributed by atoms with Gasteiger partial charge in [-0.1, -0.05) is 56.8 Å². The molecule has 0 saturated heterocycles. The highest BCUT2D eigenvalue weighted by Gasteiger charge is 2.06. The summed E-state index contributed by atoms with van der Waals surface area (Å²) in [5.74, 6) is 0.536. The summed E-state index contributed by atoms with van der Waals surface area (Å²) in [6.45, 7) is 10.3. The molecule has 0 nitrogen and oxygen atoms in total. The molecule has 0 aliphatic carbocycles. The van der Waals surface area contributed by atoms with Gasteiger partial charge in [-0.05, 0) is 29.5 Å². The number of aryl methyl sites for hydroxylation is 1. The van der Waals surface area contributed by atoms with Crippen molar-refractivity contribution in [2.24, 2.45) is 5.92 Å². The third-order valence-corrected chi connectivity index (χ3v) is 2.38. The Hall–Kier alpha value is -1.30. The van der Waals surface area contributed by atoms with E-state index in [-0.39, 0.29) is 0 Å². The van der Waals surface area contributed by atoms with Crippen LogP contribution in [0.15, 0.2) is 43.0 Å². The smallest absolute Gasteiger partial charge is 0.0193 e. The molecule has 0 fully saturated rings. The van der Waals surface area contributed by atoms with Crippen molar-refractivity contribution in [3.8, 4) is 0 Å². The molecule has 1 aromatic rings. The molecule has 0 bridgehead atoms. The first kappa shape index (κ1) is 10.8. The minimum atomic E-state index is 0.536. The maximum absolute atomic E-state index is 3.76. The lowest BCUT2D eigenvalue weighted by Crippen LogP contribution is -1.95. The second kappa shape index (κ2) is 4.80. The van der Waals surface area contributed by atoms with E-state index in [2.05, 4.69) is 57.7 Å². The fraction of sp³-hybridized carbons (Fsp3) is 0.286. The second-order valence-electron chi connectivity index (χ2n) is 3.83. The minimum Gasteiger partial charge on any atom is -0.0991 e. The van der Waals surface area contributed by atoms with Crippen LogP contribution < -0.4 is 0 Å². The summed E-state index contributed by atoms with van der Waals surface area (Å²) in [6.07, 6.45) is 3.97. The molecule has 0 aromatic heterocycles. The normalized spacial score (nSPS) is 11.9. The van der Waals surface area contributed by atoms with Crippen molar-refractivity contribution in [1.82, 2.24) is 0 Å². The molecule has 1 aromatic carbocycles. The van der Waals surface area contributed by atoms with E-state index in [9.17, 15) is 0 Å². The number of rotatable bonds is 3. The maximum atomic E-state index is 3.76. The SMILES string of the molecule is C=C/C=C(\c1ccccc1C)C(C)C. The highest BCUT2D eigenvalue weighted by molar-refractivity contribution is 5.70. The summed E-state index contributed by atoms with van der Waals surface area (Å²) in [4.78, 5) is 0. The molecule has 14 heavy (non-hydrogen) atoms. The van der Waals surface area contributed by atoms with Gasteiger partial charge in [-0.25, -0.2) is 0 Å². The Labute approximate surface area is 87.0 Å². The molecular formula is C14H18. The molecular weight excluding hydrogens is 168 g/mol. The van der Waals surface area contributed by atoms with Crippen LogP contribution in [0.5, 0.6) is 0 Å². The van der Waals surface area contributed by atoms with Crippen molar-refractivity contribution in [3.05, 3.63) is 54.1 Å². The topological polar surface area (TPSA) is 0 Å². The molecule has 74 valence electrons. The predicted molar refractivity (Wildman–Crippen MR) is 64.2 cm³/mol. The van der Waals surface area contributed by atoms with Crippen molar-refractivity contribution in [3.63, 3.8) is 0 Å². The van der Waals surface area contributed by atoms with Gasteiger partial charge in [0.25, 0.3) is 0 Å². The Bertz CT molecular complexity index is 343. The Morgan fingerprint density at radius 1 is 1.29 bits per heavy atom. The molecule has 1 rings (SSSR count). The third kappa shape index (κ3) is 2.35. The average molecular weight is 186 g/mol. The van der Waals surface area contributed by atoms with Crippen molar-refractivity contribution in [2.45, 2.75) is 20.8 Å². The molecule has 0 N–H and O–H groups in total. The Balaban J connectivity index is 3.19. The van der Waals surface area contributed by atoms with E-state index in [0.717, 1.165) is 0 Å². The Morgan fingerprint density at radius 2 is 1.93 bits per heavy atom. The van der Waals surface area contributed by atoms with Crippen LogP contribution in [0.2, 0.25) is 0 Å². The zero-order chi connectivity index (χ0) is 10.6. The van der Waals surface area contributed by atoms with Gasteiger partial charge in [0.15, 0.2) is 0 Å². The van der Waals surface area contributed by atoms with Crippen LogP contribution in [0.3, 0.4) is 0 Å². The van der Waals surface area contributed by atoms with E-state index in [1.54, 1.807) is 0 Å². The molecule has 0 heteroatoms. The Kier molecular flexibility index (Phi) is 3.70. The highest BCUT2D eigenvalue weighted by atomic mass is 14.1. The van der Waals surface area contributed by atoms with Gasteiger partial charge in [0, 0.05) is 0 Å². The molecule has 0 heterocycles. The molecule has 0 aliphatic rings.